The third-order valence-electron chi connectivity index (χ3n) is 15.0. The number of ketones is 4. The van der Waals surface area contributed by atoms with E-state index in [0.29, 0.717) is 62.2 Å². The summed E-state index contributed by atoms with van der Waals surface area (Å²) in [6, 6.07) is 6.48. The Bertz CT molecular complexity index is 7940. The van der Waals surface area contributed by atoms with Crippen LogP contribution in [0.1, 0.15) is 147 Å². The van der Waals surface area contributed by atoms with Gasteiger partial charge in [0.15, 0.2) is 74.8 Å². The second-order valence-corrected chi connectivity index (χ2v) is 34.0. The highest BCUT2D eigenvalue weighted by Crippen LogP contribution is 2.42. The Morgan fingerprint density at radius 1 is 0.414 bits per heavy atom. The molecule has 608 valence electrons. The summed E-state index contributed by atoms with van der Waals surface area (Å²) >= 11 is 26.1. The molecule has 0 radical (unpaired) electrons. The summed E-state index contributed by atoms with van der Waals surface area (Å²) < 4.78 is 429. The molecule has 0 saturated carbocycles. The van der Waals surface area contributed by atoms with Crippen LogP contribution in [0.4, 0.5) is 23.5 Å². The minimum Gasteiger partial charge on any atom is -0.454 e. The van der Waals surface area contributed by atoms with Gasteiger partial charge in [-0.3, -0.25) is 19.2 Å². The molecule has 4 aromatic carbocycles. The molecule has 12 aromatic rings. The van der Waals surface area contributed by atoms with Crippen LogP contribution in [-0.4, -0.2) is 105 Å². The molecule has 2 unspecified atom stereocenters. The van der Waals surface area contributed by atoms with Crippen LogP contribution in [0.5, 0.6) is 46.0 Å². The first-order chi connectivity index (χ1) is 68.8. The van der Waals surface area contributed by atoms with Gasteiger partial charge in [0.05, 0.1) is 25.0 Å². The van der Waals surface area contributed by atoms with Crippen LogP contribution in [0.25, 0.3) is 0 Å². The van der Waals surface area contributed by atoms with Gasteiger partial charge in [-0.05, 0) is 194 Å². The number of ether oxygens (including phenoxy) is 8. The summed E-state index contributed by atoms with van der Waals surface area (Å²) in [7, 11) is -19.6. The summed E-state index contributed by atoms with van der Waals surface area (Å²) in [6.07, 6.45) is -7.20. The third kappa shape index (κ3) is 18.1. The normalized spacial score (nSPS) is 19.8. The number of sulfonamides is 4. The molecule has 4 N–H and O–H groups in total. The van der Waals surface area contributed by atoms with Crippen molar-refractivity contribution in [2.45, 2.75) is 100 Å². The first-order valence-corrected chi connectivity index (χ1v) is 41.6. The van der Waals surface area contributed by atoms with Gasteiger partial charge >= 0.3 is 0 Å². The van der Waals surface area contributed by atoms with E-state index >= 15 is 0 Å². The Kier molecular flexibility index (Phi) is 14.8. The van der Waals surface area contributed by atoms with Crippen molar-refractivity contribution in [1.29, 1.82) is 0 Å². The number of anilines is 4. The first-order valence-electron chi connectivity index (χ1n) is 47.8. The van der Waals surface area contributed by atoms with E-state index < -0.39 is 325 Å². The lowest BCUT2D eigenvalue weighted by molar-refractivity contribution is 0.0985. The van der Waals surface area contributed by atoms with Crippen molar-refractivity contribution in [3.05, 3.63) is 201 Å². The lowest BCUT2D eigenvalue weighted by atomic mass is 10.0. The molecule has 4 aliphatic heterocycles. The van der Waals surface area contributed by atoms with Crippen molar-refractivity contribution in [2.75, 3.05) is 45.9 Å². The van der Waals surface area contributed by atoms with Crippen molar-refractivity contribution in [3.8, 4) is 46.0 Å². The molecular weight excluding hydrogens is 1760 g/mol. The standard InChI is InChI=1S/4C18H15ClN2O6S2/c4*1-9-5-13-14(26-8-25-13)7-11(9)6-12(22)17-15(3-4-28-17)29(23,24)21-18-16(19)10(2)20-27-18/h4*3-5,7,21H,6,8H2,1-2H3/i1D3,2D3,5D,7D,8D2;1D3,2D3,5D,7D,8D;2D3,6D2,8D;2D3,6D2/hD4. The highest BCUT2D eigenvalue weighted by atomic mass is 35.5. The SMILES string of the molecule is [2H]C1Oc2cc(C)c(C([2H])([2H])C(=O)c3sccc3S(=O)(=O)N([2H])c3onc(C([2H])([2H])[2H])c3Cl)cc2O1.[2H]N(c1onc(C([2H])([2H])[2H])c1Cl)S(=O)(=O)c1ccsc1C(=O)C([2H])([2H])c1cc2c(cc1C)OCO2.[2H]c1c(CC(=O)c2sccc2S(=O)(=O)N([2H])c2onc(C([2H])([2H])[2H])c2Cl)c(C([2H])([2H])[2H])c([2H])c2c1OC([2H])([2H])O2.[2H]c1c(CC(=O)c2sccc2S(=O)(=O)N([2H])c2onc(C([2H])([2H])[2H])c2Cl)c(C([2H])([2H])[2H])c([2H])c2c1OC([2H])O2. The second kappa shape index (κ2) is 34.1. The zero-order chi connectivity index (χ0) is 112. The summed E-state index contributed by atoms with van der Waals surface area (Å²) in [5.74, 6) is -9.32. The minimum atomic E-state index is -4.95. The van der Waals surface area contributed by atoms with E-state index in [1.165, 1.54) is 52.7 Å². The number of benzene rings is 4. The van der Waals surface area contributed by atoms with Crippen LogP contribution in [0.3, 0.4) is 0 Å². The summed E-state index contributed by atoms with van der Waals surface area (Å²) in [5, 5.41) is 14.8. The molecule has 2 atom stereocenters. The number of Topliss-reactive ketones (excluding diaryl/α,β-unsaturated/α-hetero) is 4. The van der Waals surface area contributed by atoms with Gasteiger partial charge in [0.2, 0.25) is 27.1 Å². The molecule has 44 heteroatoms. The number of nitrogens with one attached hydrogen (secondary N) is 4. The smallest absolute Gasteiger partial charge is 0.265 e. The van der Waals surface area contributed by atoms with E-state index in [0.717, 1.165) is 24.3 Å². The van der Waals surface area contributed by atoms with Crippen molar-refractivity contribution in [2.24, 2.45) is 0 Å². The number of nitrogens with zero attached hydrogens (tertiary/aromatic N) is 4. The zero-order valence-electron chi connectivity index (χ0n) is 90.9. The monoisotopic (exact) mass is 1850 g/mol. The van der Waals surface area contributed by atoms with Crippen molar-refractivity contribution >= 4 is 179 Å². The number of thiophene rings is 4. The van der Waals surface area contributed by atoms with E-state index in [1.807, 2.05) is 0 Å². The Morgan fingerprint density at radius 3 is 1.04 bits per heavy atom. The van der Waals surface area contributed by atoms with Gasteiger partial charge in [-0.15, -0.1) is 45.3 Å². The van der Waals surface area contributed by atoms with Crippen LogP contribution in [-0.2, 0) is 65.7 Å². The highest BCUT2D eigenvalue weighted by molar-refractivity contribution is 7.94. The second-order valence-electron chi connectivity index (χ2n) is 22.5. The van der Waals surface area contributed by atoms with Crippen molar-refractivity contribution in [1.82, 2.24) is 20.6 Å². The van der Waals surface area contributed by atoms with Crippen LogP contribution in [0, 0.1) is 55.0 Å². The summed E-state index contributed by atoms with van der Waals surface area (Å²) in [4.78, 5) is 48.4. The molecule has 116 heavy (non-hydrogen) atoms. The number of aromatic nitrogens is 4. The fourth-order valence-corrected chi connectivity index (χ4v) is 19.3. The Labute approximate surface area is 744 Å². The molecule has 4 aliphatic rings. The highest BCUT2D eigenvalue weighted by Gasteiger charge is 2.34. The largest absolute Gasteiger partial charge is 0.454 e. The molecular formula is C72H60Cl4N8O24S8. The maximum absolute atomic E-state index is 13.3. The number of halogens is 4. The Hall–Kier alpha value is -10.2. The van der Waals surface area contributed by atoms with E-state index in [4.69, 9.17) is 140 Å². The first kappa shape index (κ1) is 50.4. The molecule has 0 aliphatic carbocycles. The quantitative estimate of drug-likeness (QED) is 0.0408. The van der Waals surface area contributed by atoms with Gasteiger partial charge in [-0.2, -0.15) is 0 Å². The number of aryl methyl sites for hydroxylation is 6. The fraction of sp³-hybridized carbons (Fsp3) is 0.222. The zero-order valence-corrected chi connectivity index (χ0v) is 66.4. The molecule has 0 bridgehead atoms. The molecule has 32 nitrogen and oxygen atoms in total. The predicted molar refractivity (Wildman–Crippen MR) is 427 cm³/mol. The molecule has 0 fully saturated rings. The van der Waals surface area contributed by atoms with Gasteiger partial charge in [0, 0.05) is 55.7 Å². The maximum Gasteiger partial charge on any atom is 0.265 e. The van der Waals surface area contributed by atoms with Crippen LogP contribution in [0.15, 0.2) is 132 Å². The maximum atomic E-state index is 13.3. The fourth-order valence-electron chi connectivity index (χ4n) is 9.61. The average Bonchev–Trinajstić information content (AvgIpc) is 1.75. The van der Waals surface area contributed by atoms with Crippen molar-refractivity contribution in [3.63, 3.8) is 0 Å². The third-order valence-corrected chi connectivity index (χ3v) is 25.8. The van der Waals surface area contributed by atoms with E-state index in [-0.39, 0.29) is 54.0 Å². The number of carbonyl (C=O) groups is 4. The Morgan fingerprint density at radius 2 is 0.707 bits per heavy atom. The number of fused-ring (bicyclic) bond motifs is 4. The number of hydrogen-bond donors (Lipinski definition) is 4. The van der Waals surface area contributed by atoms with Crippen LogP contribution >= 0.6 is 91.8 Å². The molecule has 8 aromatic heterocycles. The predicted octanol–water partition coefficient (Wildman–Crippen LogP) is 15.8. The Balaban J connectivity index is 0.000000167. The van der Waals surface area contributed by atoms with Gasteiger partial charge in [-0.1, -0.05) is 67.0 Å². The summed E-state index contributed by atoms with van der Waals surface area (Å²) in [5.41, 5.74) is -5.08. The van der Waals surface area contributed by atoms with Gasteiger partial charge in [0.25, 0.3) is 63.6 Å². The van der Waals surface area contributed by atoms with E-state index in [2.05, 4.69) is 29.7 Å². The topological polar surface area (TPSA) is 431 Å². The van der Waals surface area contributed by atoms with Gasteiger partial charge in [0.1, 0.15) is 67.9 Å². The lowest BCUT2D eigenvalue weighted by Crippen LogP contribution is -2.16. The number of hydrogen-bond acceptors (Lipinski definition) is 32. The van der Waals surface area contributed by atoms with Crippen molar-refractivity contribution < 1.29 is 156 Å². The molecule has 16 rings (SSSR count). The number of carbonyl (C=O) groups excluding carboxylic acids is 4. The minimum absolute atomic E-state index is 0.0492. The average molecular weight is 1850 g/mol. The van der Waals surface area contributed by atoms with Gasteiger partial charge in [-0.25, -0.2) is 52.5 Å². The van der Waals surface area contributed by atoms with Crippen LogP contribution < -0.4 is 56.8 Å². The molecule has 12 heterocycles. The van der Waals surface area contributed by atoms with Gasteiger partial charge < -0.3 is 56.0 Å². The van der Waals surface area contributed by atoms with Crippen LogP contribution in [0.2, 0.25) is 25.7 Å². The molecule has 0 amide bonds. The molecule has 0 saturated heterocycles. The van der Waals surface area contributed by atoms with E-state index in [9.17, 15) is 52.8 Å². The lowest BCUT2D eigenvalue weighted by Gasteiger charge is -2.09. The summed E-state index contributed by atoms with van der Waals surface area (Å²) in [6.45, 7) is -20.3. The van der Waals surface area contributed by atoms with E-state index in [1.54, 1.807) is 6.92 Å². The number of rotatable bonds is 24. The molecule has 0 spiro atoms.